The molecule has 23 heavy (non-hydrogen) atoms. The largest absolute Gasteiger partial charge is 0.457 e. The number of cyclic esters (lactones) is 1. The summed E-state index contributed by atoms with van der Waals surface area (Å²) in [7, 11) is 0. The average Bonchev–Trinajstić information content (AvgIpc) is 2.98. The van der Waals surface area contributed by atoms with Gasteiger partial charge in [-0.05, 0) is 34.4 Å². The van der Waals surface area contributed by atoms with Gasteiger partial charge in [-0.15, -0.1) is 0 Å². The number of fused-ring (bicyclic) bond motifs is 1. The van der Waals surface area contributed by atoms with Crippen LogP contribution in [0.4, 0.5) is 0 Å². The van der Waals surface area contributed by atoms with E-state index in [0.717, 1.165) is 12.0 Å². The normalized spacial score (nSPS) is 14.0. The summed E-state index contributed by atoms with van der Waals surface area (Å²) >= 11 is 0. The van der Waals surface area contributed by atoms with Gasteiger partial charge in [0.1, 0.15) is 6.61 Å². The van der Waals surface area contributed by atoms with E-state index in [4.69, 9.17) is 4.74 Å². The maximum absolute atomic E-state index is 10.8. The Bertz CT molecular complexity index is 917. The summed E-state index contributed by atoms with van der Waals surface area (Å²) in [6.45, 7) is 0.439. The fraction of sp³-hybridized carbons (Fsp3) is 0.0952. The van der Waals surface area contributed by atoms with E-state index in [1.807, 2.05) is 18.2 Å². The lowest BCUT2D eigenvalue weighted by Crippen LogP contribution is -1.91. The van der Waals surface area contributed by atoms with Gasteiger partial charge in [0.15, 0.2) is 0 Å². The molecule has 2 heteroatoms. The Morgan fingerprint density at radius 3 is 2.48 bits per heavy atom. The lowest BCUT2D eigenvalue weighted by molar-refractivity contribution is 0.0535. The Balaban J connectivity index is 0.000000122. The van der Waals surface area contributed by atoms with E-state index in [2.05, 4.69) is 48.6 Å². The Hall–Kier alpha value is -2.87. The number of rotatable bonds is 0. The predicted molar refractivity (Wildman–Crippen MR) is 92.2 cm³/mol. The summed E-state index contributed by atoms with van der Waals surface area (Å²) in [5.41, 5.74) is 4.52. The molecule has 0 unspecified atom stereocenters. The molecule has 0 amide bonds. The van der Waals surface area contributed by atoms with Crippen molar-refractivity contribution in [1.29, 1.82) is 0 Å². The third kappa shape index (κ3) is 2.53. The number of benzene rings is 3. The molecule has 0 bridgehead atoms. The van der Waals surface area contributed by atoms with E-state index in [1.54, 1.807) is 6.07 Å². The maximum Gasteiger partial charge on any atom is 0.338 e. The molecular formula is C21H16O2. The zero-order chi connectivity index (χ0) is 15.6. The first-order valence-electron chi connectivity index (χ1n) is 7.75. The zero-order valence-electron chi connectivity index (χ0n) is 12.7. The van der Waals surface area contributed by atoms with Gasteiger partial charge in [0.05, 0.1) is 5.56 Å². The van der Waals surface area contributed by atoms with Gasteiger partial charge in [0.25, 0.3) is 0 Å². The van der Waals surface area contributed by atoms with Crippen LogP contribution in [0, 0.1) is 0 Å². The van der Waals surface area contributed by atoms with Crippen LogP contribution >= 0.6 is 0 Å². The molecule has 0 saturated carbocycles. The van der Waals surface area contributed by atoms with E-state index in [1.165, 1.54) is 21.9 Å². The topological polar surface area (TPSA) is 26.3 Å². The van der Waals surface area contributed by atoms with Crippen LogP contribution in [0.25, 0.3) is 16.8 Å². The number of carbonyl (C=O) groups is 1. The summed E-state index contributed by atoms with van der Waals surface area (Å²) in [5, 5.41) is 2.80. The van der Waals surface area contributed by atoms with Crippen molar-refractivity contribution in [2.45, 2.75) is 13.0 Å². The number of carbonyl (C=O) groups excluding carboxylic acids is 1. The summed E-state index contributed by atoms with van der Waals surface area (Å²) in [5.74, 6) is -0.199. The molecule has 0 saturated heterocycles. The van der Waals surface area contributed by atoms with E-state index in [0.29, 0.717) is 12.2 Å². The van der Waals surface area contributed by atoms with Crippen molar-refractivity contribution in [1.82, 2.24) is 0 Å². The third-order valence-corrected chi connectivity index (χ3v) is 4.25. The number of ether oxygens (including phenoxy) is 1. The van der Waals surface area contributed by atoms with E-state index in [9.17, 15) is 4.79 Å². The molecule has 1 heterocycles. The zero-order valence-corrected chi connectivity index (χ0v) is 12.7. The highest BCUT2D eigenvalue weighted by atomic mass is 16.5. The van der Waals surface area contributed by atoms with Crippen LogP contribution in [-0.2, 0) is 17.8 Å². The minimum Gasteiger partial charge on any atom is -0.457 e. The van der Waals surface area contributed by atoms with Crippen molar-refractivity contribution in [2.24, 2.45) is 0 Å². The third-order valence-electron chi connectivity index (χ3n) is 4.25. The lowest BCUT2D eigenvalue weighted by atomic mass is 9.93. The summed E-state index contributed by atoms with van der Waals surface area (Å²) < 4.78 is 4.78. The standard InChI is InChI=1S/C13H10.C8H6O2/c1-4-10-6-2-8-12-9-3-7-11(5-1)13(10)12;9-8-7-4-2-1-3-6(7)5-10-8/h1-8H,9H2;1-4H,5H2. The average molecular weight is 300 g/mol. The summed E-state index contributed by atoms with van der Waals surface area (Å²) in [6, 6.07) is 20.5. The molecule has 1 aliphatic carbocycles. The molecule has 112 valence electrons. The second-order valence-electron chi connectivity index (χ2n) is 5.70. The number of hydrogen-bond donors (Lipinski definition) is 0. The van der Waals surface area contributed by atoms with Crippen molar-refractivity contribution in [2.75, 3.05) is 0 Å². The molecular weight excluding hydrogens is 284 g/mol. The van der Waals surface area contributed by atoms with Crippen LogP contribution in [-0.4, -0.2) is 5.97 Å². The molecule has 3 aromatic rings. The Morgan fingerprint density at radius 2 is 1.61 bits per heavy atom. The van der Waals surface area contributed by atoms with Crippen molar-refractivity contribution in [3.05, 3.63) is 89.0 Å². The SMILES string of the molecule is C1=Cc2cccc3cccc(c23)C1.O=C1OCc2ccccc21. The molecule has 2 nitrogen and oxygen atoms in total. The van der Waals surface area contributed by atoms with Crippen LogP contribution in [0.5, 0.6) is 0 Å². The molecule has 0 radical (unpaired) electrons. The van der Waals surface area contributed by atoms with Crippen LogP contribution < -0.4 is 0 Å². The van der Waals surface area contributed by atoms with Gasteiger partial charge in [0, 0.05) is 5.56 Å². The highest BCUT2D eigenvalue weighted by Gasteiger charge is 2.18. The first kappa shape index (κ1) is 13.8. The molecule has 3 aromatic carbocycles. The van der Waals surface area contributed by atoms with Crippen molar-refractivity contribution in [3.8, 4) is 0 Å². The van der Waals surface area contributed by atoms with E-state index in [-0.39, 0.29) is 5.97 Å². The lowest BCUT2D eigenvalue weighted by Gasteiger charge is -2.11. The van der Waals surface area contributed by atoms with Gasteiger partial charge >= 0.3 is 5.97 Å². The van der Waals surface area contributed by atoms with Gasteiger partial charge in [-0.2, -0.15) is 0 Å². The molecule has 0 fully saturated rings. The number of esters is 1. The summed E-state index contributed by atoms with van der Waals surface area (Å²) in [4.78, 5) is 10.8. The van der Waals surface area contributed by atoms with Crippen molar-refractivity contribution in [3.63, 3.8) is 0 Å². The Labute approximate surface area is 135 Å². The number of allylic oxidation sites excluding steroid dienone is 1. The second-order valence-corrected chi connectivity index (χ2v) is 5.70. The van der Waals surface area contributed by atoms with Crippen molar-refractivity contribution >= 4 is 22.8 Å². The van der Waals surface area contributed by atoms with Crippen LogP contribution in [0.15, 0.2) is 66.7 Å². The van der Waals surface area contributed by atoms with Gasteiger partial charge in [-0.3, -0.25) is 0 Å². The van der Waals surface area contributed by atoms with Gasteiger partial charge in [-0.25, -0.2) is 4.79 Å². The number of hydrogen-bond acceptors (Lipinski definition) is 2. The molecule has 0 spiro atoms. The first-order chi connectivity index (χ1) is 11.3. The minimum atomic E-state index is -0.199. The quantitative estimate of drug-likeness (QED) is 0.559. The van der Waals surface area contributed by atoms with E-state index >= 15 is 0 Å². The van der Waals surface area contributed by atoms with Crippen LogP contribution in [0.3, 0.4) is 0 Å². The fourth-order valence-electron chi connectivity index (χ4n) is 3.14. The molecule has 0 aromatic heterocycles. The molecule has 0 N–H and O–H groups in total. The second kappa shape index (κ2) is 5.73. The smallest absolute Gasteiger partial charge is 0.338 e. The highest BCUT2D eigenvalue weighted by molar-refractivity contribution is 5.95. The van der Waals surface area contributed by atoms with Gasteiger partial charge in [-0.1, -0.05) is 66.7 Å². The summed E-state index contributed by atoms with van der Waals surface area (Å²) in [6.07, 6.45) is 5.53. The molecule has 0 atom stereocenters. The molecule has 1 aliphatic heterocycles. The highest BCUT2D eigenvalue weighted by Crippen LogP contribution is 2.27. The van der Waals surface area contributed by atoms with E-state index < -0.39 is 0 Å². The monoisotopic (exact) mass is 300 g/mol. The van der Waals surface area contributed by atoms with Gasteiger partial charge in [0.2, 0.25) is 0 Å². The Kier molecular flexibility index (Phi) is 3.43. The maximum atomic E-state index is 10.8. The fourth-order valence-corrected chi connectivity index (χ4v) is 3.14. The van der Waals surface area contributed by atoms with Crippen LogP contribution in [0.1, 0.15) is 27.0 Å². The molecule has 2 aliphatic rings. The van der Waals surface area contributed by atoms with Crippen LogP contribution in [0.2, 0.25) is 0 Å². The Morgan fingerprint density at radius 1 is 0.826 bits per heavy atom. The molecule has 5 rings (SSSR count). The van der Waals surface area contributed by atoms with Gasteiger partial charge < -0.3 is 4.74 Å². The first-order valence-corrected chi connectivity index (χ1v) is 7.75. The predicted octanol–water partition coefficient (Wildman–Crippen LogP) is 4.77. The minimum absolute atomic E-state index is 0.199. The van der Waals surface area contributed by atoms with Crippen molar-refractivity contribution < 1.29 is 9.53 Å².